The third kappa shape index (κ3) is 3.11. The van der Waals surface area contributed by atoms with Crippen molar-refractivity contribution in [1.82, 2.24) is 0 Å². The lowest BCUT2D eigenvalue weighted by Gasteiger charge is -2.27. The zero-order chi connectivity index (χ0) is 16.6. The summed E-state index contributed by atoms with van der Waals surface area (Å²) in [5.74, 6) is -15.1. The molecule has 0 aliphatic heterocycles. The molecule has 0 aliphatic rings. The maximum atomic E-state index is 13.1. The molecule has 0 atom stereocenters. The fourth-order valence-electron chi connectivity index (χ4n) is 1.35. The minimum Gasteiger partial charge on any atom is -0.321 e. The van der Waals surface area contributed by atoms with E-state index in [0.29, 0.717) is 5.56 Å². The standard InChI is InChI=1S/C12H10F7NO/c1-6-3-4-8(5-7(6)2)20-9(21)10(13,14)11(15,16)12(17,18)19/h3-5H,1-2H3,(H,20,21). The average Bonchev–Trinajstić information content (AvgIpc) is 2.32. The van der Waals surface area contributed by atoms with Crippen molar-refractivity contribution >= 4 is 11.6 Å². The molecule has 21 heavy (non-hydrogen) atoms. The SMILES string of the molecule is Cc1ccc(NC(=O)C(F)(F)C(F)(F)C(F)(F)F)cc1C. The molecule has 1 rings (SSSR count). The van der Waals surface area contributed by atoms with Crippen LogP contribution in [0.25, 0.3) is 0 Å². The van der Waals surface area contributed by atoms with Crippen molar-refractivity contribution in [1.29, 1.82) is 0 Å². The van der Waals surface area contributed by atoms with Crippen LogP contribution in [0.3, 0.4) is 0 Å². The highest BCUT2D eigenvalue weighted by Crippen LogP contribution is 2.46. The van der Waals surface area contributed by atoms with Crippen LogP contribution in [0, 0.1) is 13.8 Å². The van der Waals surface area contributed by atoms with Crippen molar-refractivity contribution in [2.75, 3.05) is 5.32 Å². The summed E-state index contributed by atoms with van der Waals surface area (Å²) in [5, 5.41) is 1.36. The van der Waals surface area contributed by atoms with Gasteiger partial charge in [0.05, 0.1) is 0 Å². The molecule has 0 bridgehead atoms. The lowest BCUT2D eigenvalue weighted by Crippen LogP contribution is -2.57. The molecule has 1 aromatic rings. The van der Waals surface area contributed by atoms with Crippen LogP contribution in [0.2, 0.25) is 0 Å². The highest BCUT2D eigenvalue weighted by atomic mass is 19.4. The van der Waals surface area contributed by atoms with E-state index in [1.165, 1.54) is 17.4 Å². The Labute approximate surface area is 114 Å². The van der Waals surface area contributed by atoms with Crippen molar-refractivity contribution in [3.63, 3.8) is 0 Å². The van der Waals surface area contributed by atoms with E-state index in [0.717, 1.165) is 11.6 Å². The van der Waals surface area contributed by atoms with Gasteiger partial charge in [0.25, 0.3) is 0 Å². The number of hydrogen-bond donors (Lipinski definition) is 1. The molecule has 0 aliphatic carbocycles. The zero-order valence-electron chi connectivity index (χ0n) is 10.8. The molecule has 0 saturated carbocycles. The first kappa shape index (κ1) is 17.3. The summed E-state index contributed by atoms with van der Waals surface area (Å²) in [6, 6.07) is 3.68. The maximum absolute atomic E-state index is 13.1. The van der Waals surface area contributed by atoms with Gasteiger partial charge in [-0.3, -0.25) is 4.79 Å². The second-order valence-electron chi connectivity index (χ2n) is 4.40. The van der Waals surface area contributed by atoms with Crippen LogP contribution < -0.4 is 5.32 Å². The first-order chi connectivity index (χ1) is 9.30. The molecule has 0 radical (unpaired) electrons. The lowest BCUT2D eigenvalue weighted by molar-refractivity contribution is -0.343. The third-order valence-corrected chi connectivity index (χ3v) is 2.80. The number of amides is 1. The fraction of sp³-hybridized carbons (Fsp3) is 0.417. The summed E-state index contributed by atoms with van der Waals surface area (Å²) in [4.78, 5) is 11.1. The van der Waals surface area contributed by atoms with E-state index in [1.54, 1.807) is 13.8 Å². The predicted molar refractivity (Wildman–Crippen MR) is 60.5 cm³/mol. The van der Waals surface area contributed by atoms with Gasteiger partial charge in [0, 0.05) is 5.69 Å². The van der Waals surface area contributed by atoms with Gasteiger partial charge in [-0.05, 0) is 37.1 Å². The first-order valence-corrected chi connectivity index (χ1v) is 5.52. The summed E-state index contributed by atoms with van der Waals surface area (Å²) in [6.07, 6.45) is -6.54. The van der Waals surface area contributed by atoms with Crippen LogP contribution in [-0.4, -0.2) is 23.9 Å². The molecule has 0 unspecified atom stereocenters. The van der Waals surface area contributed by atoms with Crippen molar-refractivity contribution < 1.29 is 35.5 Å². The Bertz CT molecular complexity index is 551. The van der Waals surface area contributed by atoms with Gasteiger partial charge in [-0.15, -0.1) is 0 Å². The van der Waals surface area contributed by atoms with Gasteiger partial charge in [0.1, 0.15) is 0 Å². The minimum absolute atomic E-state index is 0.305. The number of carbonyl (C=O) groups is 1. The van der Waals surface area contributed by atoms with E-state index >= 15 is 0 Å². The van der Waals surface area contributed by atoms with Crippen LogP contribution in [0.15, 0.2) is 18.2 Å². The molecule has 1 N–H and O–H groups in total. The minimum atomic E-state index is -6.54. The zero-order valence-corrected chi connectivity index (χ0v) is 10.8. The van der Waals surface area contributed by atoms with Gasteiger partial charge >= 0.3 is 23.9 Å². The number of hydrogen-bond acceptors (Lipinski definition) is 1. The van der Waals surface area contributed by atoms with Gasteiger partial charge in [-0.25, -0.2) is 0 Å². The van der Waals surface area contributed by atoms with Gasteiger partial charge in [0.2, 0.25) is 0 Å². The molecular formula is C12H10F7NO. The van der Waals surface area contributed by atoms with E-state index in [9.17, 15) is 35.5 Å². The highest BCUT2D eigenvalue weighted by Gasteiger charge is 2.76. The molecule has 1 aromatic carbocycles. The Morgan fingerprint density at radius 1 is 0.952 bits per heavy atom. The quantitative estimate of drug-likeness (QED) is 0.837. The number of carbonyl (C=O) groups excluding carboxylic acids is 1. The van der Waals surface area contributed by atoms with E-state index in [-0.39, 0.29) is 5.69 Å². The molecule has 0 heterocycles. The number of rotatable bonds is 3. The van der Waals surface area contributed by atoms with Crippen molar-refractivity contribution in [3.8, 4) is 0 Å². The largest absolute Gasteiger partial charge is 0.460 e. The summed E-state index contributed by atoms with van der Waals surface area (Å²) < 4.78 is 87.3. The Hall–Kier alpha value is -1.80. The first-order valence-electron chi connectivity index (χ1n) is 5.52. The van der Waals surface area contributed by atoms with E-state index in [2.05, 4.69) is 0 Å². The van der Waals surface area contributed by atoms with E-state index < -0.39 is 23.9 Å². The number of aryl methyl sites for hydroxylation is 2. The number of halogens is 7. The Balaban J connectivity index is 3.04. The van der Waals surface area contributed by atoms with Gasteiger partial charge in [0.15, 0.2) is 0 Å². The average molecular weight is 317 g/mol. The van der Waals surface area contributed by atoms with Gasteiger partial charge < -0.3 is 5.32 Å². The van der Waals surface area contributed by atoms with Crippen LogP contribution >= 0.6 is 0 Å². The normalized spacial score (nSPS) is 13.2. The molecule has 2 nitrogen and oxygen atoms in total. The summed E-state index contributed by atoms with van der Waals surface area (Å²) in [5.41, 5.74) is 0.958. The Morgan fingerprint density at radius 2 is 1.48 bits per heavy atom. The van der Waals surface area contributed by atoms with E-state index in [1.807, 2.05) is 0 Å². The lowest BCUT2D eigenvalue weighted by atomic mass is 10.1. The van der Waals surface area contributed by atoms with Crippen LogP contribution in [0.1, 0.15) is 11.1 Å². The van der Waals surface area contributed by atoms with Crippen molar-refractivity contribution in [2.45, 2.75) is 31.9 Å². The van der Waals surface area contributed by atoms with E-state index in [4.69, 9.17) is 0 Å². The Morgan fingerprint density at radius 3 is 1.90 bits per heavy atom. The maximum Gasteiger partial charge on any atom is 0.460 e. The molecule has 0 saturated heterocycles. The topological polar surface area (TPSA) is 29.1 Å². The number of benzene rings is 1. The van der Waals surface area contributed by atoms with Crippen LogP contribution in [-0.2, 0) is 4.79 Å². The Kier molecular flexibility index (Phi) is 4.27. The summed E-state index contributed by atoms with van der Waals surface area (Å²) >= 11 is 0. The van der Waals surface area contributed by atoms with Crippen LogP contribution in [0.4, 0.5) is 36.4 Å². The second kappa shape index (κ2) is 5.19. The van der Waals surface area contributed by atoms with Gasteiger partial charge in [-0.1, -0.05) is 6.07 Å². The molecule has 0 fully saturated rings. The summed E-state index contributed by atoms with van der Waals surface area (Å²) in [6.45, 7) is 3.21. The van der Waals surface area contributed by atoms with Crippen molar-refractivity contribution in [3.05, 3.63) is 29.3 Å². The molecule has 9 heteroatoms. The monoisotopic (exact) mass is 317 g/mol. The molecule has 118 valence electrons. The third-order valence-electron chi connectivity index (χ3n) is 2.80. The fourth-order valence-corrected chi connectivity index (χ4v) is 1.35. The molecule has 0 spiro atoms. The number of alkyl halides is 7. The number of anilines is 1. The molecular weight excluding hydrogens is 307 g/mol. The predicted octanol–water partition coefficient (Wildman–Crippen LogP) is 4.07. The molecule has 0 aromatic heterocycles. The highest BCUT2D eigenvalue weighted by molar-refractivity contribution is 5.97. The molecule has 1 amide bonds. The van der Waals surface area contributed by atoms with Gasteiger partial charge in [-0.2, -0.15) is 30.7 Å². The van der Waals surface area contributed by atoms with Crippen LogP contribution in [0.5, 0.6) is 0 Å². The summed E-state index contributed by atoms with van der Waals surface area (Å²) in [7, 11) is 0. The van der Waals surface area contributed by atoms with Crippen molar-refractivity contribution in [2.24, 2.45) is 0 Å². The number of nitrogens with one attached hydrogen (secondary N) is 1. The second-order valence-corrected chi connectivity index (χ2v) is 4.40. The smallest absolute Gasteiger partial charge is 0.321 e.